The van der Waals surface area contributed by atoms with Crippen molar-refractivity contribution in [1.29, 1.82) is 0 Å². The molecule has 0 aromatic heterocycles. The number of hydrogen-bond donors (Lipinski definition) is 1. The highest BCUT2D eigenvalue weighted by molar-refractivity contribution is 6.18. The van der Waals surface area contributed by atoms with Crippen molar-refractivity contribution < 1.29 is 18.3 Å². The van der Waals surface area contributed by atoms with Crippen molar-refractivity contribution in [2.75, 3.05) is 19.6 Å². The summed E-state index contributed by atoms with van der Waals surface area (Å²) in [6.07, 6.45) is -0.235. The first kappa shape index (κ1) is 14.9. The zero-order valence-electron chi connectivity index (χ0n) is 9.88. The summed E-state index contributed by atoms with van der Waals surface area (Å²) in [7, 11) is 1.48. The molecule has 0 aliphatic carbocycles. The van der Waals surface area contributed by atoms with Crippen LogP contribution in [0.4, 0.5) is 8.78 Å². The maximum atomic E-state index is 13.3. The zero-order valence-corrected chi connectivity index (χ0v) is 10.6. The van der Waals surface area contributed by atoms with E-state index in [2.05, 4.69) is 5.32 Å². The van der Waals surface area contributed by atoms with Crippen LogP contribution in [0.1, 0.15) is 5.56 Å². The minimum absolute atomic E-state index is 0.0123. The number of hydrogen-bond acceptors (Lipinski definition) is 2. The first-order chi connectivity index (χ1) is 8.58. The number of halogens is 3. The highest BCUT2D eigenvalue weighted by Crippen LogP contribution is 2.11. The Morgan fingerprint density at radius 3 is 2.83 bits per heavy atom. The van der Waals surface area contributed by atoms with Gasteiger partial charge in [-0.25, -0.2) is 8.78 Å². The standard InChI is InChI=1S/C12H14ClF2NO2/c1-18-7-9(6-13)16-11(17)5-8-3-2-4-10(14)12(8)15/h2-4,9H,5-7H2,1H3,(H,16,17). The van der Waals surface area contributed by atoms with Crippen LogP contribution in [0, 0.1) is 11.6 Å². The number of ether oxygens (including phenoxy) is 1. The van der Waals surface area contributed by atoms with Crippen LogP contribution in [-0.4, -0.2) is 31.5 Å². The molecule has 1 atom stereocenters. The maximum Gasteiger partial charge on any atom is 0.224 e. The second-order valence-electron chi connectivity index (χ2n) is 3.76. The maximum absolute atomic E-state index is 13.3. The van der Waals surface area contributed by atoms with E-state index < -0.39 is 17.5 Å². The van der Waals surface area contributed by atoms with E-state index in [0.717, 1.165) is 6.07 Å². The molecule has 0 saturated carbocycles. The Kier molecular flexibility index (Phi) is 6.01. The van der Waals surface area contributed by atoms with E-state index in [9.17, 15) is 13.6 Å². The van der Waals surface area contributed by atoms with Gasteiger partial charge in [-0.2, -0.15) is 0 Å². The van der Waals surface area contributed by atoms with Crippen molar-refractivity contribution in [3.8, 4) is 0 Å². The molecule has 0 fully saturated rings. The minimum Gasteiger partial charge on any atom is -0.383 e. The lowest BCUT2D eigenvalue weighted by molar-refractivity contribution is -0.121. The van der Waals surface area contributed by atoms with Gasteiger partial charge in [0, 0.05) is 18.6 Å². The first-order valence-corrected chi connectivity index (χ1v) is 5.89. The zero-order chi connectivity index (χ0) is 13.5. The lowest BCUT2D eigenvalue weighted by Crippen LogP contribution is -2.40. The molecule has 18 heavy (non-hydrogen) atoms. The van der Waals surface area contributed by atoms with E-state index >= 15 is 0 Å². The van der Waals surface area contributed by atoms with E-state index in [4.69, 9.17) is 16.3 Å². The molecule has 1 aromatic rings. The SMILES string of the molecule is COCC(CCl)NC(=O)Cc1cccc(F)c1F. The third kappa shape index (κ3) is 4.23. The highest BCUT2D eigenvalue weighted by Gasteiger charge is 2.14. The molecule has 0 saturated heterocycles. The summed E-state index contributed by atoms with van der Waals surface area (Å²) < 4.78 is 31.1. The molecular formula is C12H14ClF2NO2. The van der Waals surface area contributed by atoms with Gasteiger partial charge in [0.25, 0.3) is 0 Å². The van der Waals surface area contributed by atoms with Crippen molar-refractivity contribution in [2.45, 2.75) is 12.5 Å². The number of carbonyl (C=O) groups is 1. The average molecular weight is 278 g/mol. The largest absolute Gasteiger partial charge is 0.383 e. The molecule has 1 aromatic carbocycles. The number of alkyl halides is 1. The molecule has 1 N–H and O–H groups in total. The van der Waals surface area contributed by atoms with E-state index in [1.807, 2.05) is 0 Å². The third-order valence-electron chi connectivity index (χ3n) is 2.30. The van der Waals surface area contributed by atoms with E-state index in [-0.39, 0.29) is 30.5 Å². The van der Waals surface area contributed by atoms with Crippen molar-refractivity contribution in [3.05, 3.63) is 35.4 Å². The summed E-state index contributed by atoms with van der Waals surface area (Å²) in [6.45, 7) is 0.265. The van der Waals surface area contributed by atoms with Gasteiger partial charge in [-0.05, 0) is 6.07 Å². The molecule has 1 amide bonds. The molecular weight excluding hydrogens is 264 g/mol. The summed E-state index contributed by atoms with van der Waals surface area (Å²) in [4.78, 5) is 11.6. The second kappa shape index (κ2) is 7.28. The predicted molar refractivity (Wildman–Crippen MR) is 64.6 cm³/mol. The number of benzene rings is 1. The Morgan fingerprint density at radius 1 is 1.50 bits per heavy atom. The van der Waals surface area contributed by atoms with Crippen LogP contribution in [0.25, 0.3) is 0 Å². The molecule has 0 heterocycles. The molecule has 6 heteroatoms. The molecule has 1 rings (SSSR count). The number of nitrogens with one attached hydrogen (secondary N) is 1. The van der Waals surface area contributed by atoms with Crippen LogP contribution in [0.15, 0.2) is 18.2 Å². The van der Waals surface area contributed by atoms with Crippen molar-refractivity contribution in [3.63, 3.8) is 0 Å². The van der Waals surface area contributed by atoms with Crippen molar-refractivity contribution >= 4 is 17.5 Å². The smallest absolute Gasteiger partial charge is 0.224 e. The van der Waals surface area contributed by atoms with E-state index in [1.165, 1.54) is 19.2 Å². The van der Waals surface area contributed by atoms with Gasteiger partial charge in [0.2, 0.25) is 5.91 Å². The second-order valence-corrected chi connectivity index (χ2v) is 4.07. The Hall–Kier alpha value is -1.20. The molecule has 0 radical (unpaired) electrons. The van der Waals surface area contributed by atoms with Crippen LogP contribution in [-0.2, 0) is 16.0 Å². The minimum atomic E-state index is -0.998. The van der Waals surface area contributed by atoms with E-state index in [0.29, 0.717) is 0 Å². The third-order valence-corrected chi connectivity index (χ3v) is 2.67. The molecule has 3 nitrogen and oxygen atoms in total. The number of carbonyl (C=O) groups excluding carboxylic acids is 1. The van der Waals surface area contributed by atoms with Gasteiger partial charge < -0.3 is 10.1 Å². The fourth-order valence-electron chi connectivity index (χ4n) is 1.46. The normalized spacial score (nSPS) is 12.2. The summed E-state index contributed by atoms with van der Waals surface area (Å²) in [5.74, 6) is -2.21. The monoisotopic (exact) mass is 277 g/mol. The summed E-state index contributed by atoms with van der Waals surface area (Å²) in [6, 6.07) is 3.38. The Labute approximate surface area is 109 Å². The molecule has 0 bridgehead atoms. The van der Waals surface area contributed by atoms with Gasteiger partial charge in [-0.15, -0.1) is 11.6 Å². The van der Waals surface area contributed by atoms with Gasteiger partial charge in [-0.1, -0.05) is 12.1 Å². The fourth-order valence-corrected chi connectivity index (χ4v) is 1.63. The molecule has 0 aliphatic heterocycles. The quantitative estimate of drug-likeness (QED) is 0.807. The first-order valence-electron chi connectivity index (χ1n) is 5.35. The lowest BCUT2D eigenvalue weighted by Gasteiger charge is -2.15. The number of methoxy groups -OCH3 is 1. The lowest BCUT2D eigenvalue weighted by atomic mass is 10.1. The van der Waals surface area contributed by atoms with Crippen molar-refractivity contribution in [1.82, 2.24) is 5.32 Å². The summed E-state index contributed by atoms with van der Waals surface area (Å²) in [5, 5.41) is 2.58. The van der Waals surface area contributed by atoms with Gasteiger partial charge in [0.1, 0.15) is 0 Å². The Bertz CT molecular complexity index is 415. The summed E-state index contributed by atoms with van der Waals surface area (Å²) >= 11 is 5.62. The van der Waals surface area contributed by atoms with Gasteiger partial charge in [-0.3, -0.25) is 4.79 Å². The van der Waals surface area contributed by atoms with Crippen LogP contribution < -0.4 is 5.32 Å². The van der Waals surface area contributed by atoms with Gasteiger partial charge in [0.05, 0.1) is 19.1 Å². The molecule has 100 valence electrons. The molecule has 0 aliphatic rings. The number of amides is 1. The van der Waals surface area contributed by atoms with Gasteiger partial charge >= 0.3 is 0 Å². The molecule has 1 unspecified atom stereocenters. The van der Waals surface area contributed by atoms with Crippen LogP contribution >= 0.6 is 11.6 Å². The highest BCUT2D eigenvalue weighted by atomic mass is 35.5. The van der Waals surface area contributed by atoms with Crippen LogP contribution in [0.2, 0.25) is 0 Å². The number of rotatable bonds is 6. The van der Waals surface area contributed by atoms with E-state index in [1.54, 1.807) is 0 Å². The van der Waals surface area contributed by atoms with Crippen LogP contribution in [0.3, 0.4) is 0 Å². The Balaban J connectivity index is 2.61. The fraction of sp³-hybridized carbons (Fsp3) is 0.417. The Morgan fingerprint density at radius 2 is 2.22 bits per heavy atom. The molecule has 0 spiro atoms. The topological polar surface area (TPSA) is 38.3 Å². The average Bonchev–Trinajstić information content (AvgIpc) is 2.34. The predicted octanol–water partition coefficient (Wildman–Crippen LogP) is 1.88. The van der Waals surface area contributed by atoms with Crippen molar-refractivity contribution in [2.24, 2.45) is 0 Å². The summed E-state index contributed by atoms with van der Waals surface area (Å²) in [5.41, 5.74) is 0.0123. The van der Waals surface area contributed by atoms with Crippen LogP contribution in [0.5, 0.6) is 0 Å². The van der Waals surface area contributed by atoms with Gasteiger partial charge in [0.15, 0.2) is 11.6 Å².